The third-order valence-electron chi connectivity index (χ3n) is 4.65. The van der Waals surface area contributed by atoms with E-state index in [9.17, 15) is 4.79 Å². The van der Waals surface area contributed by atoms with E-state index in [2.05, 4.69) is 35.1 Å². The number of H-pyrrole nitrogens is 1. The van der Waals surface area contributed by atoms with Gasteiger partial charge in [-0.3, -0.25) is 9.89 Å². The Kier molecular flexibility index (Phi) is 4.14. The van der Waals surface area contributed by atoms with Crippen LogP contribution in [-0.4, -0.2) is 45.7 Å². The Morgan fingerprint density at radius 3 is 3.08 bits per heavy atom. The van der Waals surface area contributed by atoms with Crippen molar-refractivity contribution in [3.63, 3.8) is 0 Å². The average Bonchev–Trinajstić information content (AvgIpc) is 3.29. The predicted molar refractivity (Wildman–Crippen MR) is 91.4 cm³/mol. The van der Waals surface area contributed by atoms with Crippen molar-refractivity contribution in [2.24, 2.45) is 0 Å². The minimum Gasteiger partial charge on any atom is -0.367 e. The number of amides is 1. The fourth-order valence-corrected chi connectivity index (χ4v) is 4.50. The lowest BCUT2D eigenvalue weighted by Gasteiger charge is -2.31. The van der Waals surface area contributed by atoms with Crippen LogP contribution in [0.15, 0.2) is 6.07 Å². The van der Waals surface area contributed by atoms with E-state index in [1.807, 2.05) is 4.90 Å². The van der Waals surface area contributed by atoms with E-state index in [1.165, 1.54) is 16.9 Å². The lowest BCUT2D eigenvalue weighted by molar-refractivity contribution is -0.0265. The Hall–Kier alpha value is -1.73. The molecule has 24 heavy (non-hydrogen) atoms. The van der Waals surface area contributed by atoms with Crippen molar-refractivity contribution >= 4 is 17.2 Å². The zero-order valence-electron chi connectivity index (χ0n) is 14.0. The number of thiophene rings is 1. The second-order valence-corrected chi connectivity index (χ2v) is 7.89. The molecule has 128 valence electrons. The summed E-state index contributed by atoms with van der Waals surface area (Å²) in [6.07, 6.45) is 3.23. The summed E-state index contributed by atoms with van der Waals surface area (Å²) < 4.78 is 5.81. The molecule has 0 bridgehead atoms. The van der Waals surface area contributed by atoms with Gasteiger partial charge < -0.3 is 9.64 Å². The van der Waals surface area contributed by atoms with Crippen molar-refractivity contribution < 1.29 is 9.53 Å². The van der Waals surface area contributed by atoms with Crippen LogP contribution in [-0.2, 0) is 17.6 Å². The van der Waals surface area contributed by atoms with Gasteiger partial charge in [-0.15, -0.1) is 11.3 Å². The zero-order chi connectivity index (χ0) is 16.7. The molecule has 1 amide bonds. The van der Waals surface area contributed by atoms with Crippen LogP contribution in [0.1, 0.15) is 64.1 Å². The largest absolute Gasteiger partial charge is 0.367 e. The number of nitrogens with one attached hydrogen (secondary N) is 1. The quantitative estimate of drug-likeness (QED) is 0.927. The van der Waals surface area contributed by atoms with E-state index in [1.54, 1.807) is 11.3 Å². The maximum Gasteiger partial charge on any atom is 0.264 e. The number of carbonyl (C=O) groups is 1. The SMILES string of the molecule is CC(C)c1n[nH]c([C@H]2CN(C(=O)c3cc4c(s3)CCC4)CCO2)n1. The summed E-state index contributed by atoms with van der Waals surface area (Å²) in [7, 11) is 0. The molecule has 0 spiro atoms. The molecule has 0 aromatic carbocycles. The van der Waals surface area contributed by atoms with Gasteiger partial charge in [0.2, 0.25) is 0 Å². The molecule has 1 aliphatic carbocycles. The summed E-state index contributed by atoms with van der Waals surface area (Å²) in [5, 5.41) is 7.20. The molecule has 1 atom stereocenters. The van der Waals surface area contributed by atoms with E-state index in [4.69, 9.17) is 4.74 Å². The molecule has 6 nitrogen and oxygen atoms in total. The number of nitrogens with zero attached hydrogens (tertiary/aromatic N) is 3. The summed E-state index contributed by atoms with van der Waals surface area (Å²) in [6, 6.07) is 2.09. The molecule has 1 saturated heterocycles. The van der Waals surface area contributed by atoms with Crippen molar-refractivity contribution in [2.75, 3.05) is 19.7 Å². The molecule has 1 aliphatic heterocycles. The normalized spacial score (nSPS) is 20.6. The molecule has 2 aromatic heterocycles. The summed E-state index contributed by atoms with van der Waals surface area (Å²) >= 11 is 1.66. The Morgan fingerprint density at radius 2 is 2.33 bits per heavy atom. The summed E-state index contributed by atoms with van der Waals surface area (Å²) in [4.78, 5) is 21.5. The van der Waals surface area contributed by atoms with Crippen LogP contribution in [0.3, 0.4) is 0 Å². The van der Waals surface area contributed by atoms with Crippen LogP contribution in [0.25, 0.3) is 0 Å². The molecule has 7 heteroatoms. The molecule has 3 heterocycles. The topological polar surface area (TPSA) is 71.1 Å². The van der Waals surface area contributed by atoms with Crippen molar-refractivity contribution in [1.29, 1.82) is 0 Å². The van der Waals surface area contributed by atoms with Crippen LogP contribution in [0.2, 0.25) is 0 Å². The average molecular weight is 346 g/mol. The molecule has 1 fully saturated rings. The first-order valence-corrected chi connectivity index (χ1v) is 9.38. The van der Waals surface area contributed by atoms with Gasteiger partial charge in [-0.05, 0) is 30.9 Å². The van der Waals surface area contributed by atoms with Crippen LogP contribution >= 0.6 is 11.3 Å². The number of ether oxygens (including phenoxy) is 1. The Bertz CT molecular complexity index is 730. The van der Waals surface area contributed by atoms with Crippen LogP contribution in [0, 0.1) is 0 Å². The van der Waals surface area contributed by atoms with E-state index in [0.717, 1.165) is 23.5 Å². The van der Waals surface area contributed by atoms with Gasteiger partial charge >= 0.3 is 0 Å². The number of aromatic nitrogens is 3. The molecule has 0 unspecified atom stereocenters. The van der Waals surface area contributed by atoms with Crippen LogP contribution < -0.4 is 0 Å². The maximum absolute atomic E-state index is 12.8. The summed E-state index contributed by atoms with van der Waals surface area (Å²) in [5.41, 5.74) is 1.37. The highest BCUT2D eigenvalue weighted by molar-refractivity contribution is 7.14. The summed E-state index contributed by atoms with van der Waals surface area (Å²) in [6.45, 7) is 5.79. The highest BCUT2D eigenvalue weighted by Gasteiger charge is 2.30. The molecule has 2 aromatic rings. The number of fused-ring (bicyclic) bond motifs is 1. The number of aromatic amines is 1. The van der Waals surface area contributed by atoms with Crippen molar-refractivity contribution in [3.05, 3.63) is 33.0 Å². The van der Waals surface area contributed by atoms with Gasteiger partial charge in [0, 0.05) is 17.3 Å². The predicted octanol–water partition coefficient (Wildman–Crippen LogP) is 2.69. The Morgan fingerprint density at radius 1 is 1.46 bits per heavy atom. The number of morpholine rings is 1. The first-order chi connectivity index (χ1) is 11.6. The molecular weight excluding hydrogens is 324 g/mol. The Labute approximate surface area is 145 Å². The molecule has 0 radical (unpaired) electrons. The number of rotatable bonds is 3. The van der Waals surface area contributed by atoms with Crippen molar-refractivity contribution in [3.8, 4) is 0 Å². The van der Waals surface area contributed by atoms with Gasteiger partial charge in [-0.25, -0.2) is 4.98 Å². The number of carbonyl (C=O) groups excluding carboxylic acids is 1. The number of aryl methyl sites for hydroxylation is 2. The maximum atomic E-state index is 12.8. The summed E-state index contributed by atoms with van der Waals surface area (Å²) in [5.74, 6) is 1.88. The van der Waals surface area contributed by atoms with Gasteiger partial charge in [0.25, 0.3) is 5.91 Å². The zero-order valence-corrected chi connectivity index (χ0v) is 14.9. The first kappa shape index (κ1) is 15.8. The highest BCUT2D eigenvalue weighted by atomic mass is 32.1. The Balaban J connectivity index is 1.48. The fraction of sp³-hybridized carbons (Fsp3) is 0.588. The van der Waals surface area contributed by atoms with Gasteiger partial charge in [0.15, 0.2) is 11.6 Å². The van der Waals surface area contributed by atoms with Crippen LogP contribution in [0.4, 0.5) is 0 Å². The van der Waals surface area contributed by atoms with E-state index in [-0.39, 0.29) is 17.9 Å². The van der Waals surface area contributed by atoms with Gasteiger partial charge in [0.1, 0.15) is 6.10 Å². The molecule has 1 N–H and O–H groups in total. The third-order valence-corrected chi connectivity index (χ3v) is 5.88. The number of hydrogen-bond acceptors (Lipinski definition) is 5. The minimum atomic E-state index is -0.227. The van der Waals surface area contributed by atoms with E-state index in [0.29, 0.717) is 25.5 Å². The lowest BCUT2D eigenvalue weighted by Crippen LogP contribution is -2.42. The van der Waals surface area contributed by atoms with Gasteiger partial charge in [-0.1, -0.05) is 13.8 Å². The molecule has 0 saturated carbocycles. The van der Waals surface area contributed by atoms with Crippen molar-refractivity contribution in [1.82, 2.24) is 20.1 Å². The molecular formula is C17H22N4O2S. The van der Waals surface area contributed by atoms with E-state index >= 15 is 0 Å². The monoisotopic (exact) mass is 346 g/mol. The second-order valence-electron chi connectivity index (χ2n) is 6.76. The standard InChI is InChI=1S/C17H22N4O2S/c1-10(2)15-18-16(20-19-15)12-9-21(6-7-23-12)17(22)14-8-11-4-3-5-13(11)24-14/h8,10,12H,3-7,9H2,1-2H3,(H,18,19,20)/t12-/m1/s1. The third kappa shape index (κ3) is 2.86. The van der Waals surface area contributed by atoms with Crippen LogP contribution in [0.5, 0.6) is 0 Å². The first-order valence-electron chi connectivity index (χ1n) is 8.56. The van der Waals surface area contributed by atoms with Crippen molar-refractivity contribution in [2.45, 2.75) is 45.1 Å². The highest BCUT2D eigenvalue weighted by Crippen LogP contribution is 2.32. The van der Waals surface area contributed by atoms with Gasteiger partial charge in [-0.2, -0.15) is 5.10 Å². The smallest absolute Gasteiger partial charge is 0.264 e. The molecule has 2 aliphatic rings. The second kappa shape index (κ2) is 6.29. The van der Waals surface area contributed by atoms with Gasteiger partial charge in [0.05, 0.1) is 18.0 Å². The molecule has 4 rings (SSSR count). The number of hydrogen-bond donors (Lipinski definition) is 1. The minimum absolute atomic E-state index is 0.117. The fourth-order valence-electron chi connectivity index (χ4n) is 3.28. The van der Waals surface area contributed by atoms with E-state index < -0.39 is 0 Å². The lowest BCUT2D eigenvalue weighted by atomic mass is 10.2.